The third-order valence-corrected chi connectivity index (χ3v) is 8.64. The largest absolute Gasteiger partial charge is 0.496 e. The number of thiocarbonyl (C=S) groups is 1. The summed E-state index contributed by atoms with van der Waals surface area (Å²) in [6.45, 7) is 0. The van der Waals surface area contributed by atoms with Crippen LogP contribution in [0.5, 0.6) is 5.75 Å². The van der Waals surface area contributed by atoms with Gasteiger partial charge in [0.1, 0.15) is 10.1 Å². The van der Waals surface area contributed by atoms with Gasteiger partial charge in [0.05, 0.1) is 12.0 Å². The maximum atomic E-state index is 12.4. The molecule has 3 nitrogen and oxygen atoms in total. The summed E-state index contributed by atoms with van der Waals surface area (Å²) in [5.74, 6) is 3.55. The second-order valence-electron chi connectivity index (χ2n) is 8.90. The third-order valence-electron chi connectivity index (χ3n) is 7.15. The molecule has 4 saturated carbocycles. The Bertz CT molecular complexity index is 825. The van der Waals surface area contributed by atoms with Gasteiger partial charge in [-0.25, -0.2) is 0 Å². The lowest BCUT2D eigenvalue weighted by Crippen LogP contribution is -2.48. The van der Waals surface area contributed by atoms with Crippen molar-refractivity contribution in [2.75, 3.05) is 14.2 Å². The van der Waals surface area contributed by atoms with E-state index < -0.39 is 0 Å². The number of rotatable bonds is 3. The van der Waals surface area contributed by atoms with Gasteiger partial charge in [0.2, 0.25) is 0 Å². The van der Waals surface area contributed by atoms with Gasteiger partial charge in [0.15, 0.2) is 0 Å². The van der Waals surface area contributed by atoms with Crippen LogP contribution in [0, 0.1) is 17.8 Å². The first-order valence-corrected chi connectivity index (χ1v) is 11.1. The molecule has 4 bridgehead atoms. The first kappa shape index (κ1) is 17.7. The Hall–Kier alpha value is -1.33. The molecule has 1 aliphatic heterocycles. The number of hydrogen-bond donors (Lipinski definition) is 0. The van der Waals surface area contributed by atoms with E-state index in [2.05, 4.69) is 18.2 Å². The molecule has 6 rings (SSSR count). The molecular formula is C22H25NO2S2. The standard InChI is InChI=1S/C22H25NO2S2/c1-23-20(24)19(27-21(23)26)9-16-8-17(3-4-18(16)25-2)22-10-13-5-14(11-22)7-15(6-13)12-22/h3-4,8-9,13-15H,5-7,10-12H2,1-2H3/b19-9-. The Labute approximate surface area is 170 Å². The van der Waals surface area contributed by atoms with Crippen molar-refractivity contribution in [3.63, 3.8) is 0 Å². The summed E-state index contributed by atoms with van der Waals surface area (Å²) in [7, 11) is 3.43. The minimum absolute atomic E-state index is 0.0211. The van der Waals surface area contributed by atoms with Crippen LogP contribution < -0.4 is 4.74 Å². The van der Waals surface area contributed by atoms with Crippen molar-refractivity contribution in [3.05, 3.63) is 34.2 Å². The van der Waals surface area contributed by atoms with Crippen molar-refractivity contribution in [1.82, 2.24) is 4.90 Å². The van der Waals surface area contributed by atoms with E-state index in [0.717, 1.165) is 29.1 Å². The summed E-state index contributed by atoms with van der Waals surface area (Å²) in [6.07, 6.45) is 10.3. The second kappa shape index (κ2) is 6.35. The fourth-order valence-corrected chi connectivity index (χ4v) is 7.50. The molecule has 1 aromatic rings. The number of ether oxygens (including phenoxy) is 1. The van der Waals surface area contributed by atoms with Crippen LogP contribution in [0.2, 0.25) is 0 Å². The van der Waals surface area contributed by atoms with E-state index in [1.807, 2.05) is 6.08 Å². The van der Waals surface area contributed by atoms with Crippen molar-refractivity contribution in [3.8, 4) is 5.75 Å². The van der Waals surface area contributed by atoms with Crippen molar-refractivity contribution in [2.45, 2.75) is 43.9 Å². The molecule has 1 heterocycles. The lowest BCUT2D eigenvalue weighted by atomic mass is 9.48. The Morgan fingerprint density at radius 1 is 1.19 bits per heavy atom. The maximum Gasteiger partial charge on any atom is 0.265 e. The summed E-state index contributed by atoms with van der Waals surface area (Å²) in [4.78, 5) is 14.7. The molecule has 1 saturated heterocycles. The lowest BCUT2D eigenvalue weighted by molar-refractivity contribution is -0.121. The highest BCUT2D eigenvalue weighted by atomic mass is 32.2. The molecule has 5 heteroatoms. The number of amides is 1. The van der Waals surface area contributed by atoms with Crippen LogP contribution in [0.1, 0.15) is 49.7 Å². The molecular weight excluding hydrogens is 374 g/mol. The van der Waals surface area contributed by atoms with Crippen LogP contribution in [-0.2, 0) is 10.2 Å². The zero-order valence-corrected chi connectivity index (χ0v) is 17.5. The topological polar surface area (TPSA) is 29.5 Å². The number of carbonyl (C=O) groups excluding carboxylic acids is 1. The summed E-state index contributed by atoms with van der Waals surface area (Å²) in [5, 5.41) is 0. The molecule has 0 N–H and O–H groups in total. The molecule has 0 unspecified atom stereocenters. The molecule has 0 radical (unpaired) electrons. The highest BCUT2D eigenvalue weighted by Crippen LogP contribution is 2.61. The summed E-state index contributed by atoms with van der Waals surface area (Å²) in [6, 6.07) is 6.65. The van der Waals surface area contributed by atoms with Crippen molar-refractivity contribution in [2.24, 2.45) is 17.8 Å². The first-order chi connectivity index (χ1) is 13.0. The normalized spacial score (nSPS) is 36.1. The zero-order valence-electron chi connectivity index (χ0n) is 15.9. The average molecular weight is 400 g/mol. The van der Waals surface area contributed by atoms with E-state index in [4.69, 9.17) is 17.0 Å². The van der Waals surface area contributed by atoms with Crippen LogP contribution in [0.15, 0.2) is 23.1 Å². The highest BCUT2D eigenvalue weighted by Gasteiger charge is 2.51. The zero-order chi connectivity index (χ0) is 18.8. The van der Waals surface area contributed by atoms with Gasteiger partial charge in [-0.1, -0.05) is 30.0 Å². The second-order valence-corrected chi connectivity index (χ2v) is 10.6. The van der Waals surface area contributed by atoms with E-state index in [-0.39, 0.29) is 5.91 Å². The Morgan fingerprint density at radius 3 is 2.33 bits per heavy atom. The molecule has 0 aromatic heterocycles. The van der Waals surface area contributed by atoms with Gasteiger partial charge in [0, 0.05) is 12.6 Å². The minimum atomic E-state index is -0.0211. The number of methoxy groups -OCH3 is 1. The van der Waals surface area contributed by atoms with Gasteiger partial charge in [-0.15, -0.1) is 0 Å². The Morgan fingerprint density at radius 2 is 1.81 bits per heavy atom. The fourth-order valence-electron chi connectivity index (χ4n) is 6.33. The molecule has 0 spiro atoms. The lowest BCUT2D eigenvalue weighted by Gasteiger charge is -2.57. The quantitative estimate of drug-likeness (QED) is 0.529. The third kappa shape index (κ3) is 2.85. The summed E-state index contributed by atoms with van der Waals surface area (Å²) >= 11 is 6.65. The SMILES string of the molecule is COc1ccc(C23CC4CC(CC(C4)C2)C3)cc1/C=C1\SC(=S)N(C)C1=O. The number of benzene rings is 1. The molecule has 1 amide bonds. The van der Waals surface area contributed by atoms with Crippen LogP contribution in [-0.4, -0.2) is 29.3 Å². The minimum Gasteiger partial charge on any atom is -0.496 e. The molecule has 4 aliphatic carbocycles. The monoisotopic (exact) mass is 399 g/mol. The van der Waals surface area contributed by atoms with Crippen molar-refractivity contribution in [1.29, 1.82) is 0 Å². The Kier molecular flexibility index (Phi) is 4.17. The van der Waals surface area contributed by atoms with E-state index in [1.54, 1.807) is 19.1 Å². The predicted octanol–water partition coefficient (Wildman–Crippen LogP) is 4.99. The predicted molar refractivity (Wildman–Crippen MR) is 114 cm³/mol. The van der Waals surface area contributed by atoms with Crippen molar-refractivity contribution >= 4 is 40.3 Å². The molecule has 27 heavy (non-hydrogen) atoms. The smallest absolute Gasteiger partial charge is 0.265 e. The van der Waals surface area contributed by atoms with E-state index in [9.17, 15) is 4.79 Å². The molecule has 5 fully saturated rings. The number of hydrogen-bond acceptors (Lipinski definition) is 4. The summed E-state index contributed by atoms with van der Waals surface area (Å²) in [5.41, 5.74) is 2.79. The van der Waals surface area contributed by atoms with Crippen molar-refractivity contribution < 1.29 is 9.53 Å². The van der Waals surface area contributed by atoms with E-state index in [1.165, 1.54) is 55.9 Å². The number of nitrogens with zero attached hydrogens (tertiary/aromatic N) is 1. The van der Waals surface area contributed by atoms with Gasteiger partial charge >= 0.3 is 0 Å². The molecule has 142 valence electrons. The molecule has 5 aliphatic rings. The van der Waals surface area contributed by atoms with Gasteiger partial charge in [-0.05, 0) is 85.5 Å². The van der Waals surface area contributed by atoms with Gasteiger partial charge < -0.3 is 4.74 Å². The van der Waals surface area contributed by atoms with E-state index >= 15 is 0 Å². The van der Waals surface area contributed by atoms with Crippen LogP contribution in [0.25, 0.3) is 6.08 Å². The number of carbonyl (C=O) groups is 1. The van der Waals surface area contributed by atoms with Gasteiger partial charge in [-0.2, -0.15) is 0 Å². The Balaban J connectivity index is 1.54. The summed E-state index contributed by atoms with van der Waals surface area (Å²) < 4.78 is 6.22. The average Bonchev–Trinajstić information content (AvgIpc) is 2.87. The highest BCUT2D eigenvalue weighted by molar-refractivity contribution is 8.26. The van der Waals surface area contributed by atoms with Crippen LogP contribution in [0.4, 0.5) is 0 Å². The maximum absolute atomic E-state index is 12.4. The number of thioether (sulfide) groups is 1. The first-order valence-electron chi connectivity index (χ1n) is 9.87. The number of likely N-dealkylation sites (N-methyl/N-ethyl adjacent to an activating group) is 1. The van der Waals surface area contributed by atoms with E-state index in [0.29, 0.717) is 14.6 Å². The van der Waals surface area contributed by atoms with Crippen LogP contribution in [0.3, 0.4) is 0 Å². The van der Waals surface area contributed by atoms with Gasteiger partial charge in [-0.3, -0.25) is 9.69 Å². The van der Waals surface area contributed by atoms with Gasteiger partial charge in [0.25, 0.3) is 5.91 Å². The molecule has 1 aromatic carbocycles. The molecule has 0 atom stereocenters. The van der Waals surface area contributed by atoms with Crippen LogP contribution >= 0.6 is 24.0 Å². The fraction of sp³-hybridized carbons (Fsp3) is 0.545.